The summed E-state index contributed by atoms with van der Waals surface area (Å²) in [5.41, 5.74) is 0.970. The maximum Gasteiger partial charge on any atom is 0.558 e. The fourth-order valence-electron chi connectivity index (χ4n) is 1.82. The number of ether oxygens (including phenoxy) is 1. The molecule has 1 fully saturated rings. The van der Waals surface area contributed by atoms with Gasteiger partial charge in [-0.3, -0.25) is 4.90 Å². The molecule has 1 aliphatic heterocycles. The van der Waals surface area contributed by atoms with Crippen molar-refractivity contribution in [1.82, 2.24) is 4.90 Å². The third-order valence-corrected chi connectivity index (χ3v) is 3.35. The molecule has 1 aromatic rings. The molecule has 8 heteroatoms. The van der Waals surface area contributed by atoms with E-state index in [1.807, 2.05) is 0 Å². The molecule has 20 heavy (non-hydrogen) atoms. The van der Waals surface area contributed by atoms with Crippen molar-refractivity contribution >= 4 is 15.9 Å². The van der Waals surface area contributed by atoms with Crippen LogP contribution in [0.4, 0.5) is 13.2 Å². The lowest BCUT2D eigenvalue weighted by Crippen LogP contribution is -2.35. The SMILES string of the molecule is FC(F)(F)OOc1ccc(CN2CCOCC2)cc1Br. The van der Waals surface area contributed by atoms with Crippen LogP contribution in [-0.4, -0.2) is 37.6 Å². The van der Waals surface area contributed by atoms with Crippen LogP contribution in [0.25, 0.3) is 0 Å². The van der Waals surface area contributed by atoms with Crippen LogP contribution in [0.5, 0.6) is 5.75 Å². The summed E-state index contributed by atoms with van der Waals surface area (Å²) in [7, 11) is 0. The highest BCUT2D eigenvalue weighted by Crippen LogP contribution is 2.29. The Balaban J connectivity index is 1.94. The van der Waals surface area contributed by atoms with Crippen molar-refractivity contribution in [3.8, 4) is 5.75 Å². The van der Waals surface area contributed by atoms with Gasteiger partial charge in [-0.15, -0.1) is 13.2 Å². The highest BCUT2D eigenvalue weighted by molar-refractivity contribution is 9.10. The number of rotatable bonds is 4. The highest BCUT2D eigenvalue weighted by Gasteiger charge is 2.32. The number of halogens is 4. The first-order chi connectivity index (χ1) is 9.44. The Bertz CT molecular complexity index is 450. The predicted molar refractivity (Wildman–Crippen MR) is 68.0 cm³/mol. The molecule has 2 rings (SSSR count). The molecule has 1 saturated heterocycles. The molecule has 1 aliphatic rings. The average molecular weight is 356 g/mol. The summed E-state index contributed by atoms with van der Waals surface area (Å²) in [6, 6.07) is 4.85. The molecular formula is C12H13BrF3NO3. The van der Waals surface area contributed by atoms with Crippen LogP contribution in [0, 0.1) is 0 Å². The van der Waals surface area contributed by atoms with Crippen molar-refractivity contribution in [3.05, 3.63) is 28.2 Å². The lowest BCUT2D eigenvalue weighted by Gasteiger charge is -2.26. The van der Waals surface area contributed by atoms with Gasteiger partial charge in [-0.1, -0.05) is 11.0 Å². The van der Waals surface area contributed by atoms with Gasteiger partial charge < -0.3 is 9.62 Å². The van der Waals surface area contributed by atoms with Crippen molar-refractivity contribution in [2.24, 2.45) is 0 Å². The largest absolute Gasteiger partial charge is 0.558 e. The molecule has 0 spiro atoms. The van der Waals surface area contributed by atoms with Crippen molar-refractivity contribution < 1.29 is 27.7 Å². The number of alkyl halides is 3. The minimum absolute atomic E-state index is 0.0203. The first kappa shape index (κ1) is 15.6. The zero-order chi connectivity index (χ0) is 14.6. The van der Waals surface area contributed by atoms with E-state index in [0.29, 0.717) is 24.2 Å². The number of nitrogens with zero attached hydrogens (tertiary/aromatic N) is 1. The van der Waals surface area contributed by atoms with E-state index in [-0.39, 0.29) is 5.75 Å². The molecule has 112 valence electrons. The van der Waals surface area contributed by atoms with Gasteiger partial charge in [0.1, 0.15) is 0 Å². The molecule has 0 aliphatic carbocycles. The van der Waals surface area contributed by atoms with Crippen molar-refractivity contribution in [2.75, 3.05) is 26.3 Å². The Morgan fingerprint density at radius 1 is 1.25 bits per heavy atom. The second-order valence-corrected chi connectivity index (χ2v) is 5.12. The van der Waals surface area contributed by atoms with E-state index in [0.717, 1.165) is 18.7 Å². The standard InChI is InChI=1S/C12H13BrF3NO3/c13-10-7-9(8-17-3-5-18-6-4-17)1-2-11(10)19-20-12(14,15)16/h1-2,7H,3-6,8H2. The monoisotopic (exact) mass is 355 g/mol. The molecule has 0 unspecified atom stereocenters. The zero-order valence-electron chi connectivity index (χ0n) is 10.5. The van der Waals surface area contributed by atoms with Gasteiger partial charge in [0.2, 0.25) is 0 Å². The Kier molecular flexibility index (Phi) is 5.25. The lowest BCUT2D eigenvalue weighted by molar-refractivity contribution is -0.445. The van der Waals surface area contributed by atoms with Crippen LogP contribution < -0.4 is 4.89 Å². The molecule has 0 radical (unpaired) electrons. The van der Waals surface area contributed by atoms with Gasteiger partial charge in [-0.25, -0.2) is 0 Å². The molecule has 0 saturated carbocycles. The highest BCUT2D eigenvalue weighted by atomic mass is 79.9. The minimum atomic E-state index is -4.83. The Morgan fingerprint density at radius 2 is 1.95 bits per heavy atom. The van der Waals surface area contributed by atoms with Crippen LogP contribution in [0.2, 0.25) is 0 Å². The van der Waals surface area contributed by atoms with E-state index < -0.39 is 6.36 Å². The third kappa shape index (κ3) is 4.93. The van der Waals surface area contributed by atoms with Crippen LogP contribution in [0.1, 0.15) is 5.56 Å². The third-order valence-electron chi connectivity index (χ3n) is 2.73. The van der Waals surface area contributed by atoms with Crippen LogP contribution in [-0.2, 0) is 16.2 Å². The molecule has 4 nitrogen and oxygen atoms in total. The summed E-state index contributed by atoms with van der Waals surface area (Å²) >= 11 is 3.16. The maximum absolute atomic E-state index is 11.9. The molecular weight excluding hydrogens is 343 g/mol. The Labute approximate surface area is 122 Å². The fraction of sp³-hybridized carbons (Fsp3) is 0.500. The van der Waals surface area contributed by atoms with Gasteiger partial charge in [0.05, 0.1) is 17.7 Å². The van der Waals surface area contributed by atoms with Crippen molar-refractivity contribution in [1.29, 1.82) is 0 Å². The molecule has 0 atom stereocenters. The number of hydrogen-bond acceptors (Lipinski definition) is 4. The summed E-state index contributed by atoms with van der Waals surface area (Å²) in [6.45, 7) is 3.78. The molecule has 1 aromatic carbocycles. The molecule has 0 N–H and O–H groups in total. The minimum Gasteiger partial charge on any atom is -0.379 e. The van der Waals surface area contributed by atoms with Gasteiger partial charge in [0.25, 0.3) is 0 Å². The van der Waals surface area contributed by atoms with Crippen LogP contribution in [0.3, 0.4) is 0 Å². The zero-order valence-corrected chi connectivity index (χ0v) is 12.0. The summed E-state index contributed by atoms with van der Waals surface area (Å²) in [4.78, 5) is 9.78. The number of hydrogen-bond donors (Lipinski definition) is 0. The molecule has 0 aromatic heterocycles. The Hall–Kier alpha value is -0.830. The van der Waals surface area contributed by atoms with Crippen molar-refractivity contribution in [3.63, 3.8) is 0 Å². The van der Waals surface area contributed by atoms with Gasteiger partial charge in [0, 0.05) is 19.6 Å². The van der Waals surface area contributed by atoms with E-state index in [1.165, 1.54) is 6.07 Å². The second-order valence-electron chi connectivity index (χ2n) is 4.27. The second kappa shape index (κ2) is 6.75. The predicted octanol–water partition coefficient (Wildman–Crippen LogP) is 3.11. The van der Waals surface area contributed by atoms with E-state index >= 15 is 0 Å². The van der Waals surface area contributed by atoms with E-state index in [1.54, 1.807) is 12.1 Å². The van der Waals surface area contributed by atoms with E-state index in [2.05, 4.69) is 30.6 Å². The summed E-state index contributed by atoms with van der Waals surface area (Å²) < 4.78 is 41.3. The first-order valence-corrected chi connectivity index (χ1v) is 6.74. The number of morpholine rings is 1. The smallest absolute Gasteiger partial charge is 0.379 e. The molecule has 0 amide bonds. The summed E-state index contributed by atoms with van der Waals surface area (Å²) in [5.74, 6) is -0.0203. The summed E-state index contributed by atoms with van der Waals surface area (Å²) in [6.07, 6.45) is -4.83. The Morgan fingerprint density at radius 3 is 2.55 bits per heavy atom. The topological polar surface area (TPSA) is 30.9 Å². The van der Waals surface area contributed by atoms with Crippen LogP contribution >= 0.6 is 15.9 Å². The normalized spacial score (nSPS) is 17.2. The maximum atomic E-state index is 11.9. The van der Waals surface area contributed by atoms with Gasteiger partial charge in [0.15, 0.2) is 5.75 Å². The molecule has 1 heterocycles. The van der Waals surface area contributed by atoms with Gasteiger partial charge in [-0.2, -0.15) is 0 Å². The number of benzene rings is 1. The van der Waals surface area contributed by atoms with Gasteiger partial charge >= 0.3 is 6.36 Å². The lowest BCUT2D eigenvalue weighted by atomic mass is 10.2. The quantitative estimate of drug-likeness (QED) is 0.613. The fourth-order valence-corrected chi connectivity index (χ4v) is 2.31. The van der Waals surface area contributed by atoms with E-state index in [9.17, 15) is 13.2 Å². The van der Waals surface area contributed by atoms with Crippen molar-refractivity contribution in [2.45, 2.75) is 12.9 Å². The summed E-state index contributed by atoms with van der Waals surface area (Å²) in [5, 5.41) is 0. The average Bonchev–Trinajstić information content (AvgIpc) is 2.38. The van der Waals surface area contributed by atoms with E-state index in [4.69, 9.17) is 4.74 Å². The first-order valence-electron chi connectivity index (χ1n) is 5.95. The molecule has 0 bridgehead atoms. The van der Waals surface area contributed by atoms with Gasteiger partial charge in [-0.05, 0) is 33.6 Å². The van der Waals surface area contributed by atoms with Crippen LogP contribution in [0.15, 0.2) is 22.7 Å².